The fraction of sp³-hybridized carbons (Fsp3) is 0.533. The summed E-state index contributed by atoms with van der Waals surface area (Å²) in [6.45, 7) is 6.99. The van der Waals surface area contributed by atoms with Gasteiger partial charge in [0.2, 0.25) is 0 Å². The van der Waals surface area contributed by atoms with Crippen LogP contribution in [-0.2, 0) is 6.42 Å². The Balaban J connectivity index is 2.50. The minimum atomic E-state index is -0.216. The van der Waals surface area contributed by atoms with Gasteiger partial charge in [-0.2, -0.15) is 0 Å². The molecule has 3 nitrogen and oxygen atoms in total. The highest BCUT2D eigenvalue weighted by Gasteiger charge is 2.16. The molecule has 0 aliphatic rings. The number of fused-ring (bicyclic) bond motifs is 1. The van der Waals surface area contributed by atoms with Crippen LogP contribution in [0.2, 0.25) is 0 Å². The second-order valence-electron chi connectivity index (χ2n) is 5.34. The smallest absolute Gasteiger partial charge is 0.125 e. The van der Waals surface area contributed by atoms with Crippen molar-refractivity contribution in [1.82, 2.24) is 9.55 Å². The van der Waals surface area contributed by atoms with Crippen molar-refractivity contribution in [2.24, 2.45) is 11.7 Å². The molecule has 2 aromatic rings. The van der Waals surface area contributed by atoms with Gasteiger partial charge in [0.05, 0.1) is 11.0 Å². The second kappa shape index (κ2) is 5.70. The molecule has 104 valence electrons. The van der Waals surface area contributed by atoms with E-state index in [0.29, 0.717) is 12.5 Å². The molecular weight excluding hydrogens is 241 g/mol. The molecule has 19 heavy (non-hydrogen) atoms. The lowest BCUT2D eigenvalue weighted by atomic mass is 10.0. The summed E-state index contributed by atoms with van der Waals surface area (Å²) in [6, 6.07) is 5.03. The molecular formula is C15H22FN3. The van der Waals surface area contributed by atoms with Crippen molar-refractivity contribution >= 4 is 11.0 Å². The van der Waals surface area contributed by atoms with Gasteiger partial charge in [0.15, 0.2) is 0 Å². The van der Waals surface area contributed by atoms with Crippen molar-refractivity contribution < 1.29 is 4.39 Å². The topological polar surface area (TPSA) is 43.8 Å². The number of hydrogen-bond acceptors (Lipinski definition) is 2. The maximum absolute atomic E-state index is 13.4. The number of rotatable bonds is 5. The van der Waals surface area contributed by atoms with E-state index in [0.717, 1.165) is 29.7 Å². The van der Waals surface area contributed by atoms with Gasteiger partial charge < -0.3 is 10.3 Å². The third-order valence-electron chi connectivity index (χ3n) is 3.62. The summed E-state index contributed by atoms with van der Waals surface area (Å²) in [7, 11) is 0. The Morgan fingerprint density at radius 1 is 1.37 bits per heavy atom. The van der Waals surface area contributed by atoms with Crippen LogP contribution >= 0.6 is 0 Å². The Hall–Kier alpha value is -1.42. The van der Waals surface area contributed by atoms with Crippen LogP contribution in [0.1, 0.15) is 39.1 Å². The Bertz CT molecular complexity index is 556. The standard InChI is InChI=1S/C15H22FN3/c1-4-11(9-17)7-15-18-13-6-5-12(16)8-14(13)19(15)10(2)3/h5-6,8,10-11H,4,7,9,17H2,1-3H3. The molecule has 2 rings (SSSR count). The van der Waals surface area contributed by atoms with E-state index in [1.165, 1.54) is 6.07 Å². The summed E-state index contributed by atoms with van der Waals surface area (Å²) in [4.78, 5) is 4.65. The highest BCUT2D eigenvalue weighted by Crippen LogP contribution is 2.24. The van der Waals surface area contributed by atoms with Crippen LogP contribution in [0.3, 0.4) is 0 Å². The zero-order chi connectivity index (χ0) is 14.0. The molecule has 4 heteroatoms. The third kappa shape index (κ3) is 2.78. The largest absolute Gasteiger partial charge is 0.330 e. The third-order valence-corrected chi connectivity index (χ3v) is 3.62. The summed E-state index contributed by atoms with van der Waals surface area (Å²) in [5.74, 6) is 1.22. The van der Waals surface area contributed by atoms with Crippen LogP contribution in [0.5, 0.6) is 0 Å². The number of nitrogens with zero attached hydrogens (tertiary/aromatic N) is 2. The first-order chi connectivity index (χ1) is 9.06. The maximum Gasteiger partial charge on any atom is 0.125 e. The van der Waals surface area contributed by atoms with E-state index in [4.69, 9.17) is 5.73 Å². The molecule has 0 saturated carbocycles. The molecule has 0 radical (unpaired) electrons. The summed E-state index contributed by atoms with van der Waals surface area (Å²) in [5.41, 5.74) is 7.51. The van der Waals surface area contributed by atoms with Crippen LogP contribution in [-0.4, -0.2) is 16.1 Å². The van der Waals surface area contributed by atoms with Gasteiger partial charge in [-0.1, -0.05) is 13.3 Å². The first-order valence-corrected chi connectivity index (χ1v) is 6.93. The number of halogens is 1. The minimum absolute atomic E-state index is 0.216. The van der Waals surface area contributed by atoms with Crippen molar-refractivity contribution in [1.29, 1.82) is 0 Å². The fourth-order valence-corrected chi connectivity index (χ4v) is 2.49. The van der Waals surface area contributed by atoms with E-state index in [2.05, 4.69) is 30.3 Å². The fourth-order valence-electron chi connectivity index (χ4n) is 2.49. The van der Waals surface area contributed by atoms with Crippen LogP contribution in [0.4, 0.5) is 4.39 Å². The predicted molar refractivity (Wildman–Crippen MR) is 76.6 cm³/mol. The van der Waals surface area contributed by atoms with E-state index in [-0.39, 0.29) is 11.9 Å². The van der Waals surface area contributed by atoms with Crippen molar-refractivity contribution in [3.63, 3.8) is 0 Å². The van der Waals surface area contributed by atoms with Crippen LogP contribution < -0.4 is 5.73 Å². The number of hydrogen-bond donors (Lipinski definition) is 1. The van der Waals surface area contributed by atoms with E-state index in [1.807, 2.05) is 0 Å². The van der Waals surface area contributed by atoms with Crippen LogP contribution in [0.25, 0.3) is 11.0 Å². The number of aromatic nitrogens is 2. The zero-order valence-corrected chi connectivity index (χ0v) is 11.9. The Labute approximate surface area is 113 Å². The highest BCUT2D eigenvalue weighted by atomic mass is 19.1. The molecule has 0 amide bonds. The Morgan fingerprint density at radius 3 is 2.68 bits per heavy atom. The molecule has 2 N–H and O–H groups in total. The zero-order valence-electron chi connectivity index (χ0n) is 11.9. The molecule has 0 saturated heterocycles. The molecule has 1 aromatic heterocycles. The predicted octanol–water partition coefficient (Wildman–Crippen LogP) is 3.28. The van der Waals surface area contributed by atoms with Gasteiger partial charge in [-0.25, -0.2) is 9.37 Å². The van der Waals surface area contributed by atoms with Gasteiger partial charge in [0.25, 0.3) is 0 Å². The average molecular weight is 263 g/mol. The Kier molecular flexibility index (Phi) is 4.20. The van der Waals surface area contributed by atoms with Gasteiger partial charge in [0.1, 0.15) is 11.6 Å². The molecule has 0 fully saturated rings. The average Bonchev–Trinajstić information content (AvgIpc) is 2.73. The van der Waals surface area contributed by atoms with E-state index in [1.54, 1.807) is 12.1 Å². The first-order valence-electron chi connectivity index (χ1n) is 6.93. The van der Waals surface area contributed by atoms with Gasteiger partial charge in [-0.3, -0.25) is 0 Å². The molecule has 1 atom stereocenters. The van der Waals surface area contributed by atoms with E-state index >= 15 is 0 Å². The van der Waals surface area contributed by atoms with Crippen molar-refractivity contribution in [3.05, 3.63) is 29.8 Å². The van der Waals surface area contributed by atoms with Gasteiger partial charge >= 0.3 is 0 Å². The molecule has 1 aromatic carbocycles. The van der Waals surface area contributed by atoms with Crippen molar-refractivity contribution in [2.45, 2.75) is 39.7 Å². The monoisotopic (exact) mass is 263 g/mol. The van der Waals surface area contributed by atoms with Crippen molar-refractivity contribution in [2.75, 3.05) is 6.54 Å². The SMILES string of the molecule is CCC(CN)Cc1nc2ccc(F)cc2n1C(C)C. The number of imidazole rings is 1. The van der Waals surface area contributed by atoms with Crippen LogP contribution in [0, 0.1) is 11.7 Å². The summed E-state index contributed by atoms with van der Waals surface area (Å²) >= 11 is 0. The molecule has 0 aliphatic carbocycles. The molecule has 0 aliphatic heterocycles. The number of nitrogens with two attached hydrogens (primary N) is 1. The number of benzene rings is 1. The lowest BCUT2D eigenvalue weighted by Gasteiger charge is -2.16. The Morgan fingerprint density at radius 2 is 2.11 bits per heavy atom. The quantitative estimate of drug-likeness (QED) is 0.899. The van der Waals surface area contributed by atoms with Crippen molar-refractivity contribution in [3.8, 4) is 0 Å². The summed E-state index contributed by atoms with van der Waals surface area (Å²) < 4.78 is 15.5. The highest BCUT2D eigenvalue weighted by molar-refractivity contribution is 5.76. The minimum Gasteiger partial charge on any atom is -0.330 e. The lowest BCUT2D eigenvalue weighted by Crippen LogP contribution is -2.19. The van der Waals surface area contributed by atoms with Gasteiger partial charge in [-0.15, -0.1) is 0 Å². The molecule has 1 heterocycles. The second-order valence-corrected chi connectivity index (χ2v) is 5.34. The van der Waals surface area contributed by atoms with Crippen LogP contribution in [0.15, 0.2) is 18.2 Å². The van der Waals surface area contributed by atoms with E-state index in [9.17, 15) is 4.39 Å². The summed E-state index contributed by atoms with van der Waals surface area (Å²) in [6.07, 6.45) is 1.88. The molecule has 0 bridgehead atoms. The first kappa shape index (κ1) is 14.0. The molecule has 1 unspecified atom stereocenters. The lowest BCUT2D eigenvalue weighted by molar-refractivity contribution is 0.478. The normalized spacial score (nSPS) is 13.4. The molecule has 0 spiro atoms. The maximum atomic E-state index is 13.4. The summed E-state index contributed by atoms with van der Waals surface area (Å²) in [5, 5.41) is 0. The van der Waals surface area contributed by atoms with Gasteiger partial charge in [0, 0.05) is 12.5 Å². The van der Waals surface area contributed by atoms with Gasteiger partial charge in [-0.05, 0) is 44.5 Å². The van der Waals surface area contributed by atoms with E-state index < -0.39 is 0 Å².